The van der Waals surface area contributed by atoms with Crippen LogP contribution in [-0.2, 0) is 14.8 Å². The van der Waals surface area contributed by atoms with Crippen molar-refractivity contribution in [3.63, 3.8) is 0 Å². The first-order valence-electron chi connectivity index (χ1n) is 10.4. The van der Waals surface area contributed by atoms with E-state index in [9.17, 15) is 18.5 Å². The third kappa shape index (κ3) is 5.57. The number of benzene rings is 3. The molecule has 1 aliphatic heterocycles. The first kappa shape index (κ1) is 23.4. The molecule has 3 aromatic carbocycles. The molecular weight excluding hydrogens is 460 g/mol. The number of sulfonamides is 1. The molecule has 0 saturated carbocycles. The average Bonchev–Trinajstić information content (AvgIpc) is 2.85. The summed E-state index contributed by atoms with van der Waals surface area (Å²) in [6.45, 7) is 0.974. The van der Waals surface area contributed by atoms with Crippen LogP contribution in [0.5, 0.6) is 11.5 Å². The van der Waals surface area contributed by atoms with E-state index in [1.165, 1.54) is 22.7 Å². The van der Waals surface area contributed by atoms with Gasteiger partial charge in [-0.25, -0.2) is 8.42 Å². The number of hydrazone groups is 1. The standard InChI is InChI=1S/C23H22N4O6S/c28-27(29)23-16-21(34(30,31)26-11-13-32-14-12-26)9-10-22(23)25-24-17-18-5-4-8-20(15-18)33-19-6-2-1-3-7-19/h1-10,15-17,25H,11-14H2/b24-17+. The van der Waals surface area contributed by atoms with Crippen LogP contribution < -0.4 is 10.2 Å². The molecule has 0 radical (unpaired) electrons. The van der Waals surface area contributed by atoms with Gasteiger partial charge in [0, 0.05) is 19.2 Å². The predicted octanol–water partition coefficient (Wildman–Crippen LogP) is 3.85. The SMILES string of the molecule is O=[N+]([O-])c1cc(S(=O)(=O)N2CCOCC2)ccc1N/N=C/c1cccc(Oc2ccccc2)c1. The molecule has 0 atom stereocenters. The van der Waals surface area contributed by atoms with Crippen molar-refractivity contribution in [1.29, 1.82) is 0 Å². The number of ether oxygens (including phenoxy) is 2. The van der Waals surface area contributed by atoms with Crippen LogP contribution in [0, 0.1) is 10.1 Å². The Labute approximate surface area is 196 Å². The Morgan fingerprint density at radius 2 is 1.74 bits per heavy atom. The van der Waals surface area contributed by atoms with Crippen LogP contribution in [0.25, 0.3) is 0 Å². The van der Waals surface area contributed by atoms with Crippen molar-refractivity contribution in [2.45, 2.75) is 4.90 Å². The second-order valence-corrected chi connectivity index (χ2v) is 9.25. The number of para-hydroxylation sites is 1. The summed E-state index contributed by atoms with van der Waals surface area (Å²) in [5, 5.41) is 15.7. The minimum Gasteiger partial charge on any atom is -0.457 e. The minimum absolute atomic E-state index is 0.0684. The summed E-state index contributed by atoms with van der Waals surface area (Å²) in [5.74, 6) is 1.30. The van der Waals surface area contributed by atoms with E-state index in [0.29, 0.717) is 17.1 Å². The number of nitro benzene ring substituents is 1. The number of rotatable bonds is 8. The Morgan fingerprint density at radius 1 is 1.00 bits per heavy atom. The van der Waals surface area contributed by atoms with E-state index < -0.39 is 20.6 Å². The van der Waals surface area contributed by atoms with Crippen LogP contribution in [-0.4, -0.2) is 50.2 Å². The maximum Gasteiger partial charge on any atom is 0.295 e. The second-order valence-electron chi connectivity index (χ2n) is 7.31. The molecular formula is C23H22N4O6S. The Balaban J connectivity index is 1.49. The highest BCUT2D eigenvalue weighted by molar-refractivity contribution is 7.89. The molecule has 0 amide bonds. The lowest BCUT2D eigenvalue weighted by Gasteiger charge is -2.26. The Hall–Kier alpha value is -3.80. The van der Waals surface area contributed by atoms with Gasteiger partial charge < -0.3 is 9.47 Å². The summed E-state index contributed by atoms with van der Waals surface area (Å²) in [4.78, 5) is 10.8. The van der Waals surface area contributed by atoms with E-state index in [2.05, 4.69) is 10.5 Å². The highest BCUT2D eigenvalue weighted by atomic mass is 32.2. The second kappa shape index (κ2) is 10.4. The highest BCUT2D eigenvalue weighted by Gasteiger charge is 2.28. The summed E-state index contributed by atoms with van der Waals surface area (Å²) in [5.41, 5.74) is 3.01. The van der Waals surface area contributed by atoms with Crippen molar-refractivity contribution >= 4 is 27.6 Å². The maximum atomic E-state index is 12.8. The van der Waals surface area contributed by atoms with E-state index >= 15 is 0 Å². The molecule has 1 N–H and O–H groups in total. The van der Waals surface area contributed by atoms with E-state index in [-0.39, 0.29) is 36.9 Å². The minimum atomic E-state index is -3.86. The quantitative estimate of drug-likeness (QED) is 0.294. The van der Waals surface area contributed by atoms with Crippen LogP contribution in [0.15, 0.2) is 82.8 Å². The third-order valence-electron chi connectivity index (χ3n) is 5.01. The zero-order chi connectivity index (χ0) is 24.0. The normalized spacial score (nSPS) is 14.7. The molecule has 0 aromatic heterocycles. The lowest BCUT2D eigenvalue weighted by atomic mass is 10.2. The number of nitro groups is 1. The lowest BCUT2D eigenvalue weighted by Crippen LogP contribution is -2.40. The Morgan fingerprint density at radius 3 is 2.47 bits per heavy atom. The monoisotopic (exact) mass is 482 g/mol. The molecule has 1 heterocycles. The number of nitrogens with zero attached hydrogens (tertiary/aromatic N) is 3. The van der Waals surface area contributed by atoms with Gasteiger partial charge in [0.1, 0.15) is 17.2 Å². The molecule has 1 fully saturated rings. The smallest absolute Gasteiger partial charge is 0.295 e. The number of hydrogen-bond acceptors (Lipinski definition) is 8. The number of hydrogen-bond donors (Lipinski definition) is 1. The zero-order valence-electron chi connectivity index (χ0n) is 18.0. The maximum absolute atomic E-state index is 12.8. The van der Waals surface area contributed by atoms with Gasteiger partial charge in [-0.1, -0.05) is 30.3 Å². The molecule has 0 aliphatic carbocycles. The van der Waals surface area contributed by atoms with Gasteiger partial charge in [0.25, 0.3) is 5.69 Å². The number of nitrogens with one attached hydrogen (secondary N) is 1. The molecule has 0 bridgehead atoms. The molecule has 1 saturated heterocycles. The van der Waals surface area contributed by atoms with Gasteiger partial charge >= 0.3 is 0 Å². The van der Waals surface area contributed by atoms with Crippen molar-refractivity contribution < 1.29 is 22.8 Å². The fourth-order valence-corrected chi connectivity index (χ4v) is 4.74. The first-order valence-corrected chi connectivity index (χ1v) is 11.9. The van der Waals surface area contributed by atoms with Crippen molar-refractivity contribution in [1.82, 2.24) is 4.31 Å². The summed E-state index contributed by atoms with van der Waals surface area (Å²) >= 11 is 0. The highest BCUT2D eigenvalue weighted by Crippen LogP contribution is 2.29. The topological polar surface area (TPSA) is 123 Å². The van der Waals surface area contributed by atoms with Crippen LogP contribution >= 0.6 is 0 Å². The fraction of sp³-hybridized carbons (Fsp3) is 0.174. The molecule has 10 nitrogen and oxygen atoms in total. The van der Waals surface area contributed by atoms with E-state index in [4.69, 9.17) is 9.47 Å². The molecule has 34 heavy (non-hydrogen) atoms. The summed E-state index contributed by atoms with van der Waals surface area (Å²) in [7, 11) is -3.86. The van der Waals surface area contributed by atoms with Crippen LogP contribution in [0.4, 0.5) is 11.4 Å². The average molecular weight is 483 g/mol. The number of anilines is 1. The van der Waals surface area contributed by atoms with Gasteiger partial charge in [0.2, 0.25) is 10.0 Å². The van der Waals surface area contributed by atoms with Gasteiger partial charge in [0.05, 0.1) is 29.2 Å². The van der Waals surface area contributed by atoms with Gasteiger partial charge in [-0.05, 0) is 42.0 Å². The van der Waals surface area contributed by atoms with Gasteiger partial charge in [-0.3, -0.25) is 15.5 Å². The van der Waals surface area contributed by atoms with Crippen LogP contribution in [0.3, 0.4) is 0 Å². The third-order valence-corrected chi connectivity index (χ3v) is 6.90. The van der Waals surface area contributed by atoms with Gasteiger partial charge in [-0.2, -0.15) is 9.41 Å². The predicted molar refractivity (Wildman–Crippen MR) is 127 cm³/mol. The molecule has 0 spiro atoms. The largest absolute Gasteiger partial charge is 0.457 e. The van der Waals surface area contributed by atoms with Crippen molar-refractivity contribution in [2.24, 2.45) is 5.10 Å². The van der Waals surface area contributed by atoms with E-state index in [0.717, 1.165) is 6.07 Å². The molecule has 11 heteroatoms. The summed E-state index contributed by atoms with van der Waals surface area (Å²) < 4.78 is 37.9. The molecule has 176 valence electrons. The molecule has 4 rings (SSSR count). The van der Waals surface area contributed by atoms with E-state index in [1.807, 2.05) is 30.3 Å². The lowest BCUT2D eigenvalue weighted by molar-refractivity contribution is -0.384. The van der Waals surface area contributed by atoms with Crippen LogP contribution in [0.2, 0.25) is 0 Å². The fourth-order valence-electron chi connectivity index (χ4n) is 3.31. The number of morpholine rings is 1. The van der Waals surface area contributed by atoms with E-state index in [1.54, 1.807) is 24.3 Å². The first-order chi connectivity index (χ1) is 16.4. The molecule has 1 aliphatic rings. The van der Waals surface area contributed by atoms with Crippen molar-refractivity contribution in [3.8, 4) is 11.5 Å². The summed E-state index contributed by atoms with van der Waals surface area (Å²) in [6.07, 6.45) is 1.49. The Bertz CT molecular complexity index is 1290. The van der Waals surface area contributed by atoms with Crippen molar-refractivity contribution in [2.75, 3.05) is 31.7 Å². The van der Waals surface area contributed by atoms with Gasteiger partial charge in [-0.15, -0.1) is 0 Å². The van der Waals surface area contributed by atoms with Crippen LogP contribution in [0.1, 0.15) is 5.56 Å². The van der Waals surface area contributed by atoms with Crippen molar-refractivity contribution in [3.05, 3.63) is 88.5 Å². The molecule has 0 unspecified atom stereocenters. The Kier molecular flexibility index (Phi) is 7.16. The van der Waals surface area contributed by atoms with Gasteiger partial charge in [0.15, 0.2) is 0 Å². The zero-order valence-corrected chi connectivity index (χ0v) is 18.8. The molecule has 3 aromatic rings. The summed E-state index contributed by atoms with van der Waals surface area (Å²) in [6, 6.07) is 20.2.